The number of amides is 1. The van der Waals surface area contributed by atoms with Crippen LogP contribution in [0.25, 0.3) is 0 Å². The average molecular weight is 268 g/mol. The fraction of sp³-hybridized carbons (Fsp3) is 0.933. The molecule has 2 unspecified atom stereocenters. The molecule has 0 spiro atoms. The van der Waals surface area contributed by atoms with Gasteiger partial charge in [-0.05, 0) is 44.6 Å². The van der Waals surface area contributed by atoms with E-state index in [2.05, 4.69) is 0 Å². The molecular weight excluding hydrogens is 240 g/mol. The van der Waals surface area contributed by atoms with Gasteiger partial charge in [-0.3, -0.25) is 4.79 Å². The van der Waals surface area contributed by atoms with Crippen molar-refractivity contribution in [3.63, 3.8) is 0 Å². The molecule has 0 heterocycles. The van der Waals surface area contributed by atoms with Crippen LogP contribution in [0.1, 0.15) is 51.4 Å². The van der Waals surface area contributed by atoms with Crippen molar-refractivity contribution in [2.24, 2.45) is 11.7 Å². The molecule has 2 aliphatic rings. The lowest BCUT2D eigenvalue weighted by atomic mass is 9.76. The van der Waals surface area contributed by atoms with Gasteiger partial charge in [0.2, 0.25) is 5.91 Å². The molecule has 0 aromatic carbocycles. The first-order chi connectivity index (χ1) is 9.12. The van der Waals surface area contributed by atoms with E-state index in [0.29, 0.717) is 24.9 Å². The highest BCUT2D eigenvalue weighted by molar-refractivity contribution is 5.77. The van der Waals surface area contributed by atoms with Gasteiger partial charge in [0.1, 0.15) is 0 Å². The molecular formula is C15H28N2O2. The van der Waals surface area contributed by atoms with E-state index in [1.54, 1.807) is 7.11 Å². The molecule has 0 aromatic heterocycles. The Bertz CT molecular complexity index is 310. The van der Waals surface area contributed by atoms with Crippen LogP contribution in [0.3, 0.4) is 0 Å². The lowest BCUT2D eigenvalue weighted by Crippen LogP contribution is -2.50. The molecule has 1 amide bonds. The van der Waals surface area contributed by atoms with Crippen molar-refractivity contribution < 1.29 is 9.53 Å². The monoisotopic (exact) mass is 268 g/mol. The molecule has 0 aliphatic heterocycles. The number of nitrogens with zero attached hydrogens (tertiary/aromatic N) is 1. The van der Waals surface area contributed by atoms with Crippen molar-refractivity contribution in [2.75, 3.05) is 20.7 Å². The molecule has 110 valence electrons. The normalized spacial score (nSPS) is 29.6. The smallest absolute Gasteiger partial charge is 0.225 e. The topological polar surface area (TPSA) is 55.6 Å². The molecule has 19 heavy (non-hydrogen) atoms. The maximum atomic E-state index is 12.5. The van der Waals surface area contributed by atoms with Gasteiger partial charge < -0.3 is 15.4 Å². The number of hydrogen-bond acceptors (Lipinski definition) is 3. The summed E-state index contributed by atoms with van der Waals surface area (Å²) in [6, 6.07) is 0.334. The summed E-state index contributed by atoms with van der Waals surface area (Å²) in [7, 11) is 3.68. The van der Waals surface area contributed by atoms with Crippen LogP contribution in [0.15, 0.2) is 0 Å². The number of carbonyl (C=O) groups excluding carboxylic acids is 1. The zero-order chi connectivity index (χ0) is 13.9. The summed E-state index contributed by atoms with van der Waals surface area (Å²) in [5.41, 5.74) is 5.69. The van der Waals surface area contributed by atoms with E-state index < -0.39 is 0 Å². The second kappa shape index (κ2) is 6.23. The number of nitrogens with two attached hydrogens (primary N) is 1. The van der Waals surface area contributed by atoms with Crippen LogP contribution in [-0.4, -0.2) is 43.2 Å². The van der Waals surface area contributed by atoms with Gasteiger partial charge in [0, 0.05) is 20.2 Å². The minimum Gasteiger partial charge on any atom is -0.378 e. The largest absolute Gasteiger partial charge is 0.378 e. The fourth-order valence-electron chi connectivity index (χ4n) is 3.58. The van der Waals surface area contributed by atoms with E-state index in [0.717, 1.165) is 25.7 Å². The third kappa shape index (κ3) is 3.11. The Morgan fingerprint density at radius 2 is 2.00 bits per heavy atom. The van der Waals surface area contributed by atoms with Gasteiger partial charge in [0.15, 0.2) is 0 Å². The minimum absolute atomic E-state index is 0.168. The Morgan fingerprint density at radius 3 is 2.53 bits per heavy atom. The molecule has 0 radical (unpaired) electrons. The van der Waals surface area contributed by atoms with E-state index >= 15 is 0 Å². The zero-order valence-electron chi connectivity index (χ0n) is 12.4. The van der Waals surface area contributed by atoms with Crippen molar-refractivity contribution in [1.82, 2.24) is 4.90 Å². The lowest BCUT2D eigenvalue weighted by Gasteiger charge is -2.43. The van der Waals surface area contributed by atoms with Crippen LogP contribution in [0, 0.1) is 5.92 Å². The first-order valence-electron chi connectivity index (χ1n) is 7.63. The predicted octanol–water partition coefficient (Wildman–Crippen LogP) is 1.92. The summed E-state index contributed by atoms with van der Waals surface area (Å²) < 4.78 is 5.56. The van der Waals surface area contributed by atoms with E-state index in [-0.39, 0.29) is 11.5 Å². The van der Waals surface area contributed by atoms with Gasteiger partial charge in [-0.1, -0.05) is 12.8 Å². The average Bonchev–Trinajstić information content (AvgIpc) is 2.41. The highest BCUT2D eigenvalue weighted by Crippen LogP contribution is 2.39. The van der Waals surface area contributed by atoms with Gasteiger partial charge in [0.25, 0.3) is 0 Å². The van der Waals surface area contributed by atoms with Crippen molar-refractivity contribution in [3.8, 4) is 0 Å². The summed E-state index contributed by atoms with van der Waals surface area (Å²) in [4.78, 5) is 14.4. The first-order valence-corrected chi connectivity index (χ1v) is 7.63. The van der Waals surface area contributed by atoms with Crippen molar-refractivity contribution in [3.05, 3.63) is 0 Å². The lowest BCUT2D eigenvalue weighted by molar-refractivity contribution is -0.146. The molecule has 2 saturated carbocycles. The summed E-state index contributed by atoms with van der Waals surface area (Å²) in [6.07, 6.45) is 8.49. The molecule has 0 bridgehead atoms. The van der Waals surface area contributed by atoms with E-state index in [1.807, 2.05) is 11.9 Å². The van der Waals surface area contributed by atoms with Gasteiger partial charge in [-0.2, -0.15) is 0 Å². The summed E-state index contributed by atoms with van der Waals surface area (Å²) in [6.45, 7) is 0.692. The van der Waals surface area contributed by atoms with Gasteiger partial charge in [-0.15, -0.1) is 0 Å². The van der Waals surface area contributed by atoms with Crippen molar-refractivity contribution in [1.29, 1.82) is 0 Å². The zero-order valence-corrected chi connectivity index (χ0v) is 12.4. The number of carbonyl (C=O) groups is 1. The van der Waals surface area contributed by atoms with Crippen LogP contribution >= 0.6 is 0 Å². The summed E-state index contributed by atoms with van der Waals surface area (Å²) in [5, 5.41) is 0. The molecule has 2 fully saturated rings. The van der Waals surface area contributed by atoms with Crippen LogP contribution in [-0.2, 0) is 9.53 Å². The van der Waals surface area contributed by atoms with E-state index in [1.165, 1.54) is 19.3 Å². The molecule has 0 saturated heterocycles. The Hall–Kier alpha value is -0.610. The number of methoxy groups -OCH3 is 1. The van der Waals surface area contributed by atoms with Crippen LogP contribution in [0.4, 0.5) is 0 Å². The van der Waals surface area contributed by atoms with Gasteiger partial charge >= 0.3 is 0 Å². The minimum atomic E-state index is -0.168. The fourth-order valence-corrected chi connectivity index (χ4v) is 3.58. The molecule has 0 aromatic rings. The summed E-state index contributed by atoms with van der Waals surface area (Å²) in [5.74, 6) is 0.703. The Balaban J connectivity index is 1.93. The quantitative estimate of drug-likeness (QED) is 0.829. The second-order valence-electron chi connectivity index (χ2n) is 6.27. The molecule has 2 N–H and O–H groups in total. The molecule has 2 atom stereocenters. The SMILES string of the molecule is COC1(CC(=O)N(C)C2CCCCC2CN)CCC1. The van der Waals surface area contributed by atoms with Crippen LogP contribution in [0.5, 0.6) is 0 Å². The maximum Gasteiger partial charge on any atom is 0.225 e. The highest BCUT2D eigenvalue weighted by atomic mass is 16.5. The second-order valence-corrected chi connectivity index (χ2v) is 6.27. The van der Waals surface area contributed by atoms with E-state index in [4.69, 9.17) is 10.5 Å². The van der Waals surface area contributed by atoms with E-state index in [9.17, 15) is 4.79 Å². The van der Waals surface area contributed by atoms with Crippen molar-refractivity contribution in [2.45, 2.75) is 63.0 Å². The van der Waals surface area contributed by atoms with Crippen LogP contribution in [0.2, 0.25) is 0 Å². The third-order valence-electron chi connectivity index (χ3n) is 5.23. The van der Waals surface area contributed by atoms with Crippen molar-refractivity contribution >= 4 is 5.91 Å². The van der Waals surface area contributed by atoms with Gasteiger partial charge in [0.05, 0.1) is 12.0 Å². The summed E-state index contributed by atoms with van der Waals surface area (Å²) >= 11 is 0. The number of hydrogen-bond donors (Lipinski definition) is 1. The number of rotatable bonds is 5. The first kappa shape index (κ1) is 14.8. The number of ether oxygens (including phenoxy) is 1. The molecule has 4 heteroatoms. The molecule has 2 rings (SSSR count). The molecule has 4 nitrogen and oxygen atoms in total. The van der Waals surface area contributed by atoms with Crippen LogP contribution < -0.4 is 5.73 Å². The van der Waals surface area contributed by atoms with Gasteiger partial charge in [-0.25, -0.2) is 0 Å². The predicted molar refractivity (Wildman–Crippen MR) is 75.8 cm³/mol. The molecule has 2 aliphatic carbocycles. The third-order valence-corrected chi connectivity index (χ3v) is 5.23. The maximum absolute atomic E-state index is 12.5. The Kier molecular flexibility index (Phi) is 4.85. The Morgan fingerprint density at radius 1 is 1.32 bits per heavy atom. The highest BCUT2D eigenvalue weighted by Gasteiger charge is 2.41. The Labute approximate surface area is 116 Å². The standard InChI is InChI=1S/C15H28N2O2/c1-17(13-7-4-3-6-12(13)11-16)14(18)10-15(19-2)8-5-9-15/h12-13H,3-11,16H2,1-2H3.